The molecule has 0 bridgehead atoms. The summed E-state index contributed by atoms with van der Waals surface area (Å²) in [5.41, 5.74) is 0. The first-order valence-electron chi connectivity index (χ1n) is 9.82. The van der Waals surface area contributed by atoms with Crippen LogP contribution >= 0.6 is 0 Å². The van der Waals surface area contributed by atoms with E-state index < -0.39 is 54.7 Å². The molecule has 3 aliphatic heterocycles. The maximum Gasteiger partial charge on any atom is 0.308 e. The number of ether oxygens (including phenoxy) is 6. The molecule has 10 nitrogen and oxygen atoms in total. The van der Waals surface area contributed by atoms with Crippen LogP contribution in [-0.2, 0) is 42.8 Å². The highest BCUT2D eigenvalue weighted by Crippen LogP contribution is 2.42. The van der Waals surface area contributed by atoms with E-state index in [1.165, 1.54) is 21.0 Å². The smallest absolute Gasteiger partial charge is 0.308 e. The second-order valence-electron chi connectivity index (χ2n) is 7.52. The lowest BCUT2D eigenvalue weighted by Gasteiger charge is -2.47. The van der Waals surface area contributed by atoms with Gasteiger partial charge in [0.05, 0.1) is 25.7 Å². The molecule has 0 unspecified atom stereocenters. The van der Waals surface area contributed by atoms with Gasteiger partial charge in [0, 0.05) is 26.9 Å². The Morgan fingerprint density at radius 2 is 1.59 bits per heavy atom. The summed E-state index contributed by atoms with van der Waals surface area (Å²) in [5.74, 6) is -1.39. The number of aliphatic hydroxyl groups excluding tert-OH is 1. The van der Waals surface area contributed by atoms with E-state index >= 15 is 0 Å². The van der Waals surface area contributed by atoms with Crippen molar-refractivity contribution in [3.05, 3.63) is 0 Å². The lowest BCUT2D eigenvalue weighted by molar-refractivity contribution is -0.265. The van der Waals surface area contributed by atoms with E-state index in [1.54, 1.807) is 0 Å². The van der Waals surface area contributed by atoms with Crippen LogP contribution in [0.1, 0.15) is 39.5 Å². The Kier molecular flexibility index (Phi) is 7.10. The lowest BCUT2D eigenvalue weighted by atomic mass is 9.87. The Balaban J connectivity index is 1.82. The fourth-order valence-corrected chi connectivity index (χ4v) is 4.33. The van der Waals surface area contributed by atoms with Crippen LogP contribution in [0.25, 0.3) is 0 Å². The average molecular weight is 416 g/mol. The fourth-order valence-electron chi connectivity index (χ4n) is 4.33. The van der Waals surface area contributed by atoms with Crippen molar-refractivity contribution in [2.75, 3.05) is 13.7 Å². The molecule has 3 saturated heterocycles. The quantitative estimate of drug-likeness (QED) is 0.462. The third-order valence-electron chi connectivity index (χ3n) is 5.45. The van der Waals surface area contributed by atoms with Gasteiger partial charge in [0.25, 0.3) is 0 Å². The first-order chi connectivity index (χ1) is 13.8. The van der Waals surface area contributed by atoms with Gasteiger partial charge < -0.3 is 33.5 Å². The van der Waals surface area contributed by atoms with Crippen LogP contribution in [-0.4, -0.2) is 85.6 Å². The number of hydrogen-bond donors (Lipinski definition) is 1. The molecule has 0 aromatic rings. The van der Waals surface area contributed by atoms with Crippen molar-refractivity contribution >= 4 is 17.9 Å². The zero-order valence-electron chi connectivity index (χ0n) is 16.8. The molecule has 0 aromatic heterocycles. The Morgan fingerprint density at radius 1 is 0.931 bits per heavy atom. The van der Waals surface area contributed by atoms with Crippen molar-refractivity contribution < 1.29 is 47.9 Å². The Morgan fingerprint density at radius 3 is 2.21 bits per heavy atom. The molecular formula is C19H28O10. The van der Waals surface area contributed by atoms with Gasteiger partial charge in [0.2, 0.25) is 0 Å². The zero-order valence-corrected chi connectivity index (χ0v) is 16.8. The highest BCUT2D eigenvalue weighted by atomic mass is 16.7. The van der Waals surface area contributed by atoms with Gasteiger partial charge in [-0.2, -0.15) is 0 Å². The number of carbonyl (C=O) groups excluding carboxylic acids is 3. The molecule has 8 atom stereocenters. The van der Waals surface area contributed by atoms with Gasteiger partial charge in [-0.1, -0.05) is 0 Å². The van der Waals surface area contributed by atoms with Crippen LogP contribution in [0.15, 0.2) is 0 Å². The highest BCUT2D eigenvalue weighted by molar-refractivity contribution is 5.69. The summed E-state index contributed by atoms with van der Waals surface area (Å²) in [6.45, 7) is 2.42. The van der Waals surface area contributed by atoms with E-state index in [1.807, 2.05) is 0 Å². The summed E-state index contributed by atoms with van der Waals surface area (Å²) >= 11 is 0. The van der Waals surface area contributed by atoms with E-state index in [-0.39, 0.29) is 31.5 Å². The Bertz CT molecular complexity index is 622. The largest absolute Gasteiger partial charge is 0.469 e. The molecule has 29 heavy (non-hydrogen) atoms. The number of aliphatic hydroxyl groups is 1. The van der Waals surface area contributed by atoms with E-state index in [0.717, 1.165) is 0 Å². The Labute approximate surface area is 168 Å². The summed E-state index contributed by atoms with van der Waals surface area (Å²) < 4.78 is 33.9. The van der Waals surface area contributed by atoms with Gasteiger partial charge in [-0.05, 0) is 12.8 Å². The van der Waals surface area contributed by atoms with E-state index in [0.29, 0.717) is 12.8 Å². The lowest BCUT2D eigenvalue weighted by Crippen LogP contribution is -2.62. The first kappa shape index (κ1) is 21.9. The van der Waals surface area contributed by atoms with Gasteiger partial charge >= 0.3 is 17.9 Å². The predicted octanol–water partition coefficient (Wildman–Crippen LogP) is -0.122. The maximum atomic E-state index is 11.8. The van der Waals surface area contributed by atoms with Crippen molar-refractivity contribution in [3.63, 3.8) is 0 Å². The summed E-state index contributed by atoms with van der Waals surface area (Å²) in [5, 5.41) is 9.36. The summed E-state index contributed by atoms with van der Waals surface area (Å²) in [7, 11) is 1.31. The maximum absolute atomic E-state index is 11.8. The third kappa shape index (κ3) is 4.88. The molecule has 0 spiro atoms. The molecule has 0 radical (unpaired) electrons. The summed E-state index contributed by atoms with van der Waals surface area (Å²) in [6, 6.07) is 0. The molecule has 0 aliphatic carbocycles. The van der Waals surface area contributed by atoms with Gasteiger partial charge in [-0.15, -0.1) is 0 Å². The average Bonchev–Trinajstić information content (AvgIpc) is 2.98. The fraction of sp³-hybridized carbons (Fsp3) is 0.842. The minimum Gasteiger partial charge on any atom is -0.469 e. The molecule has 0 amide bonds. The van der Waals surface area contributed by atoms with Gasteiger partial charge in [-0.3, -0.25) is 14.4 Å². The van der Waals surface area contributed by atoms with Crippen molar-refractivity contribution in [2.45, 2.75) is 88.4 Å². The predicted molar refractivity (Wildman–Crippen MR) is 94.7 cm³/mol. The minimum atomic E-state index is -0.793. The van der Waals surface area contributed by atoms with E-state index in [4.69, 9.17) is 28.4 Å². The summed E-state index contributed by atoms with van der Waals surface area (Å²) in [6.07, 6.45) is -3.45. The van der Waals surface area contributed by atoms with Crippen LogP contribution in [0, 0.1) is 0 Å². The molecule has 164 valence electrons. The van der Waals surface area contributed by atoms with Crippen molar-refractivity contribution in [3.8, 4) is 0 Å². The normalized spacial score (nSPS) is 38.5. The highest BCUT2D eigenvalue weighted by Gasteiger charge is 2.60. The second-order valence-corrected chi connectivity index (χ2v) is 7.52. The second kappa shape index (κ2) is 9.38. The SMILES string of the molecule is COC(=O)C[C@H]1CC[C@@H]2O[C@@H]3[C@@H](O[C@H](CCO)[C@@H]3OC(C)=O)[C@@H](OC(C)=O)[C@H]2O1. The molecule has 3 heterocycles. The monoisotopic (exact) mass is 416 g/mol. The number of carbonyl (C=O) groups is 3. The third-order valence-corrected chi connectivity index (χ3v) is 5.45. The van der Waals surface area contributed by atoms with Crippen LogP contribution in [0.4, 0.5) is 0 Å². The van der Waals surface area contributed by atoms with Crippen molar-refractivity contribution in [1.82, 2.24) is 0 Å². The van der Waals surface area contributed by atoms with Crippen LogP contribution in [0.3, 0.4) is 0 Å². The van der Waals surface area contributed by atoms with Crippen LogP contribution in [0.2, 0.25) is 0 Å². The first-order valence-corrected chi connectivity index (χ1v) is 9.82. The number of fused-ring (bicyclic) bond motifs is 2. The van der Waals surface area contributed by atoms with E-state index in [2.05, 4.69) is 0 Å². The topological polar surface area (TPSA) is 127 Å². The molecule has 3 fully saturated rings. The zero-order chi connectivity index (χ0) is 21.1. The molecule has 3 rings (SSSR count). The number of hydrogen-bond acceptors (Lipinski definition) is 10. The minimum absolute atomic E-state index is 0.0880. The molecule has 10 heteroatoms. The molecular weight excluding hydrogens is 388 g/mol. The van der Waals surface area contributed by atoms with Crippen LogP contribution < -0.4 is 0 Å². The van der Waals surface area contributed by atoms with Gasteiger partial charge in [0.1, 0.15) is 24.4 Å². The van der Waals surface area contributed by atoms with Gasteiger partial charge in [-0.25, -0.2) is 0 Å². The van der Waals surface area contributed by atoms with E-state index in [9.17, 15) is 19.5 Å². The molecule has 1 N–H and O–H groups in total. The van der Waals surface area contributed by atoms with Gasteiger partial charge in [0.15, 0.2) is 12.2 Å². The standard InChI is InChI=1S/C19H28O10/c1-9(21)25-15-13(6-7-20)29-19-17(26-10(2)22)16-12(28-18(15)19)5-4-11(27-16)8-14(23)24-3/h11-13,15-20H,4-8H2,1-3H3/t11-,12+,13-,15+,16+,17+,18+,19+/m1/s1. The molecule has 0 aromatic carbocycles. The number of esters is 3. The molecule has 0 saturated carbocycles. The Hall–Kier alpha value is -1.75. The summed E-state index contributed by atoms with van der Waals surface area (Å²) in [4.78, 5) is 35.0. The van der Waals surface area contributed by atoms with Crippen molar-refractivity contribution in [2.24, 2.45) is 0 Å². The van der Waals surface area contributed by atoms with Crippen LogP contribution in [0.5, 0.6) is 0 Å². The number of methoxy groups -OCH3 is 1. The molecule has 3 aliphatic rings. The number of rotatable bonds is 6. The van der Waals surface area contributed by atoms with Crippen molar-refractivity contribution in [1.29, 1.82) is 0 Å².